The fourth-order valence-electron chi connectivity index (χ4n) is 2.70. The van der Waals surface area contributed by atoms with E-state index in [1.54, 1.807) is 0 Å². The van der Waals surface area contributed by atoms with Gasteiger partial charge >= 0.3 is 0 Å². The minimum atomic E-state index is -0.543. The van der Waals surface area contributed by atoms with Gasteiger partial charge in [-0.1, -0.05) is 26.0 Å². The molecule has 0 heterocycles. The van der Waals surface area contributed by atoms with Crippen LogP contribution >= 0.6 is 0 Å². The lowest BCUT2D eigenvalue weighted by Crippen LogP contribution is -2.57. The third kappa shape index (κ3) is 0.750. The monoisotopic (exact) mass is 152 g/mol. The summed E-state index contributed by atoms with van der Waals surface area (Å²) in [6.07, 6.45) is 5.33. The number of fused-ring (bicyclic) bond motifs is 1. The van der Waals surface area contributed by atoms with Gasteiger partial charge in [-0.15, -0.1) is 0 Å². The van der Waals surface area contributed by atoms with Crippen molar-refractivity contribution in [2.75, 3.05) is 0 Å². The Morgan fingerprint density at radius 1 is 1.36 bits per heavy atom. The highest BCUT2D eigenvalue weighted by Crippen LogP contribution is 2.59. The summed E-state index contributed by atoms with van der Waals surface area (Å²) in [6.45, 7) is 6.43. The Bertz CT molecular complexity index is 213. The Balaban J connectivity index is 2.36. The molecule has 0 unspecified atom stereocenters. The summed E-state index contributed by atoms with van der Waals surface area (Å²) in [6, 6.07) is 0. The van der Waals surface area contributed by atoms with Crippen molar-refractivity contribution < 1.29 is 5.11 Å². The van der Waals surface area contributed by atoms with Crippen LogP contribution in [0.1, 0.15) is 27.2 Å². The van der Waals surface area contributed by atoms with Crippen LogP contribution in [0.5, 0.6) is 0 Å². The van der Waals surface area contributed by atoms with E-state index in [4.69, 9.17) is 0 Å². The van der Waals surface area contributed by atoms with Gasteiger partial charge in [0.25, 0.3) is 0 Å². The van der Waals surface area contributed by atoms with Crippen LogP contribution in [0.2, 0.25) is 0 Å². The summed E-state index contributed by atoms with van der Waals surface area (Å²) in [5, 5.41) is 9.93. The van der Waals surface area contributed by atoms with E-state index in [0.29, 0.717) is 17.3 Å². The van der Waals surface area contributed by atoms with Crippen molar-refractivity contribution in [3.63, 3.8) is 0 Å². The first-order chi connectivity index (χ1) is 4.94. The van der Waals surface area contributed by atoms with Crippen LogP contribution in [0.3, 0.4) is 0 Å². The second-order valence-electron chi connectivity index (χ2n) is 4.80. The van der Waals surface area contributed by atoms with Crippen molar-refractivity contribution in [3.8, 4) is 0 Å². The molecule has 1 saturated carbocycles. The Kier molecular flexibility index (Phi) is 1.15. The van der Waals surface area contributed by atoms with Gasteiger partial charge in [-0.3, -0.25) is 0 Å². The molecule has 0 aromatic carbocycles. The standard InChI is InChI=1S/C10H16O/c1-9(2)7-4-5-10(3,11)8(9)6-7/h4-5,7-8,11H,6H2,1-3H3/t7-,8+,10-/m1/s1. The molecule has 0 aromatic heterocycles. The third-order valence-corrected chi connectivity index (χ3v) is 3.71. The first-order valence-corrected chi connectivity index (χ1v) is 4.36. The zero-order valence-corrected chi connectivity index (χ0v) is 7.46. The van der Waals surface area contributed by atoms with E-state index < -0.39 is 5.60 Å². The molecule has 3 atom stereocenters. The highest BCUT2D eigenvalue weighted by atomic mass is 16.3. The van der Waals surface area contributed by atoms with E-state index in [9.17, 15) is 5.11 Å². The zero-order chi connectivity index (χ0) is 8.28. The fraction of sp³-hybridized carbons (Fsp3) is 0.800. The van der Waals surface area contributed by atoms with Crippen LogP contribution in [0, 0.1) is 17.3 Å². The molecule has 0 spiro atoms. The van der Waals surface area contributed by atoms with Crippen molar-refractivity contribution >= 4 is 0 Å². The van der Waals surface area contributed by atoms with Crippen molar-refractivity contribution in [1.82, 2.24) is 0 Å². The average Bonchev–Trinajstić information content (AvgIpc) is 1.84. The molecule has 1 fully saturated rings. The van der Waals surface area contributed by atoms with Crippen LogP contribution in [0.4, 0.5) is 0 Å². The second kappa shape index (κ2) is 1.71. The van der Waals surface area contributed by atoms with E-state index in [0.717, 1.165) is 0 Å². The molecule has 0 amide bonds. The quantitative estimate of drug-likeness (QED) is 0.526. The Morgan fingerprint density at radius 2 is 2.00 bits per heavy atom. The predicted octanol–water partition coefficient (Wildman–Crippen LogP) is 1.97. The largest absolute Gasteiger partial charge is 0.386 e. The van der Waals surface area contributed by atoms with E-state index >= 15 is 0 Å². The average molecular weight is 152 g/mol. The summed E-state index contributed by atoms with van der Waals surface area (Å²) < 4.78 is 0. The number of allylic oxidation sites excluding steroid dienone is 1. The van der Waals surface area contributed by atoms with Crippen LogP contribution in [-0.4, -0.2) is 10.7 Å². The molecule has 3 aliphatic carbocycles. The Hall–Kier alpha value is -0.300. The van der Waals surface area contributed by atoms with E-state index in [1.807, 2.05) is 13.0 Å². The highest BCUT2D eigenvalue weighted by molar-refractivity contribution is 5.22. The smallest absolute Gasteiger partial charge is 0.0833 e. The maximum atomic E-state index is 9.93. The van der Waals surface area contributed by atoms with Gasteiger partial charge in [0.05, 0.1) is 5.60 Å². The minimum absolute atomic E-state index is 0.332. The lowest BCUT2D eigenvalue weighted by molar-refractivity contribution is -0.121. The zero-order valence-electron chi connectivity index (χ0n) is 7.46. The summed E-state index contributed by atoms with van der Waals surface area (Å²) >= 11 is 0. The SMILES string of the molecule is CC1(C)[C@@H]2C=C[C@@](C)(O)[C@H]1C2. The predicted molar refractivity (Wildman–Crippen MR) is 45.1 cm³/mol. The van der Waals surface area contributed by atoms with Crippen molar-refractivity contribution in [3.05, 3.63) is 12.2 Å². The molecule has 62 valence electrons. The molecular weight excluding hydrogens is 136 g/mol. The maximum Gasteiger partial charge on any atom is 0.0833 e. The molecule has 2 bridgehead atoms. The van der Waals surface area contributed by atoms with Gasteiger partial charge in [0.1, 0.15) is 0 Å². The summed E-state index contributed by atoms with van der Waals surface area (Å²) in [5.41, 5.74) is -0.212. The van der Waals surface area contributed by atoms with Gasteiger partial charge in [-0.05, 0) is 30.6 Å². The number of aliphatic hydroxyl groups is 1. The molecule has 0 aromatic rings. The van der Waals surface area contributed by atoms with Gasteiger partial charge < -0.3 is 5.11 Å². The van der Waals surface area contributed by atoms with Crippen molar-refractivity contribution in [2.45, 2.75) is 32.8 Å². The molecular formula is C10H16O. The van der Waals surface area contributed by atoms with E-state index in [-0.39, 0.29) is 0 Å². The number of hydrogen-bond acceptors (Lipinski definition) is 1. The Labute approximate surface area is 68.1 Å². The molecule has 1 nitrogen and oxygen atoms in total. The lowest BCUT2D eigenvalue weighted by atomic mass is 9.47. The van der Waals surface area contributed by atoms with Gasteiger partial charge in [-0.25, -0.2) is 0 Å². The van der Waals surface area contributed by atoms with Crippen LogP contribution in [-0.2, 0) is 0 Å². The summed E-state index contributed by atoms with van der Waals surface area (Å²) in [7, 11) is 0. The normalized spacial score (nSPS) is 52.0. The minimum Gasteiger partial charge on any atom is -0.386 e. The lowest BCUT2D eigenvalue weighted by Gasteiger charge is -2.59. The number of hydrogen-bond donors (Lipinski definition) is 1. The summed E-state index contributed by atoms with van der Waals surface area (Å²) in [4.78, 5) is 0. The molecule has 3 aliphatic rings. The molecule has 0 radical (unpaired) electrons. The molecule has 1 N–H and O–H groups in total. The number of rotatable bonds is 0. The van der Waals surface area contributed by atoms with E-state index in [2.05, 4.69) is 19.9 Å². The molecule has 0 aliphatic heterocycles. The van der Waals surface area contributed by atoms with Crippen LogP contribution in [0.25, 0.3) is 0 Å². The third-order valence-electron chi connectivity index (χ3n) is 3.71. The van der Waals surface area contributed by atoms with Crippen LogP contribution < -0.4 is 0 Å². The van der Waals surface area contributed by atoms with Gasteiger partial charge in [-0.2, -0.15) is 0 Å². The van der Waals surface area contributed by atoms with Gasteiger partial charge in [0.2, 0.25) is 0 Å². The van der Waals surface area contributed by atoms with Gasteiger partial charge in [0.15, 0.2) is 0 Å². The molecule has 11 heavy (non-hydrogen) atoms. The first kappa shape index (κ1) is 7.35. The van der Waals surface area contributed by atoms with Gasteiger partial charge in [0, 0.05) is 0 Å². The summed E-state index contributed by atoms with van der Waals surface area (Å²) in [5.74, 6) is 1.19. The molecule has 1 heteroatoms. The highest BCUT2D eigenvalue weighted by Gasteiger charge is 2.56. The molecule has 0 saturated heterocycles. The van der Waals surface area contributed by atoms with Crippen LogP contribution in [0.15, 0.2) is 12.2 Å². The van der Waals surface area contributed by atoms with E-state index in [1.165, 1.54) is 6.42 Å². The topological polar surface area (TPSA) is 20.2 Å². The van der Waals surface area contributed by atoms with Crippen molar-refractivity contribution in [2.24, 2.45) is 17.3 Å². The fourth-order valence-corrected chi connectivity index (χ4v) is 2.70. The Morgan fingerprint density at radius 3 is 2.27 bits per heavy atom. The second-order valence-corrected chi connectivity index (χ2v) is 4.80. The first-order valence-electron chi connectivity index (χ1n) is 4.36. The molecule has 3 rings (SSSR count). The van der Waals surface area contributed by atoms with Crippen molar-refractivity contribution in [1.29, 1.82) is 0 Å². The maximum absolute atomic E-state index is 9.93.